The van der Waals surface area contributed by atoms with Crippen LogP contribution >= 0.6 is 91.9 Å². The molecule has 0 aliphatic carbocycles. The van der Waals surface area contributed by atoms with Crippen LogP contribution in [-0.2, 0) is 9.47 Å². The lowest BCUT2D eigenvalue weighted by Gasteiger charge is -2.27. The molecule has 5 heterocycles. The number of carbonyl (C=O) groups excluding carboxylic acids is 2. The van der Waals surface area contributed by atoms with Crippen LogP contribution in [-0.4, -0.2) is 122 Å². The van der Waals surface area contributed by atoms with Crippen molar-refractivity contribution in [1.82, 2.24) is 34.7 Å². The van der Waals surface area contributed by atoms with Crippen LogP contribution in [0.3, 0.4) is 0 Å². The molecular weight excluding hydrogens is 975 g/mol. The molecule has 2 amide bonds. The van der Waals surface area contributed by atoms with Crippen LogP contribution in [0.5, 0.6) is 0 Å². The highest BCUT2D eigenvalue weighted by atomic mass is 127. The van der Waals surface area contributed by atoms with E-state index in [1.54, 1.807) is 41.5 Å². The number of halogens is 10. The first-order valence-electron chi connectivity index (χ1n) is 16.2. The summed E-state index contributed by atoms with van der Waals surface area (Å²) in [5, 5.41) is -0.00173. The quantitative estimate of drug-likeness (QED) is 0.108. The zero-order chi connectivity index (χ0) is 41.3. The number of amides is 2. The fourth-order valence-corrected chi connectivity index (χ4v) is 7.32. The lowest BCUT2D eigenvalue weighted by Crippen LogP contribution is -2.44. The van der Waals surface area contributed by atoms with Crippen LogP contribution in [0, 0.1) is 3.83 Å². The van der Waals surface area contributed by atoms with Crippen LogP contribution in [0.2, 0.25) is 25.5 Å². The highest BCUT2D eigenvalue weighted by molar-refractivity contribution is 14.1. The molecule has 55 heavy (non-hydrogen) atoms. The summed E-state index contributed by atoms with van der Waals surface area (Å²) in [5.41, 5.74) is -0.0648. The van der Waals surface area contributed by atoms with E-state index < -0.39 is 61.4 Å². The molecule has 2 saturated heterocycles. The molecular formula is C31H35Cl5F4IN9O4S. The molecule has 304 valence electrons. The van der Waals surface area contributed by atoms with Gasteiger partial charge in [-0.05, 0) is 41.5 Å². The van der Waals surface area contributed by atoms with Gasteiger partial charge in [-0.15, -0.1) is 11.3 Å². The largest absolute Gasteiger partial charge is 0.444 e. The van der Waals surface area contributed by atoms with Gasteiger partial charge in [0.05, 0.1) is 31.7 Å². The molecule has 0 saturated carbocycles. The lowest BCUT2D eigenvalue weighted by atomic mass is 10.2. The average molecular weight is 1010 g/mol. The monoisotopic (exact) mass is 1010 g/mol. The Bertz CT molecular complexity index is 1890. The first-order valence-corrected chi connectivity index (χ1v) is 20.0. The molecule has 0 spiro atoms. The molecule has 3 aromatic rings. The fraction of sp³-hybridized carbons (Fsp3) is 0.581. The van der Waals surface area contributed by atoms with Crippen LogP contribution in [0.15, 0.2) is 5.51 Å². The Labute approximate surface area is 357 Å². The van der Waals surface area contributed by atoms with Crippen LogP contribution in [0.4, 0.5) is 38.8 Å². The Morgan fingerprint density at radius 2 is 1.13 bits per heavy atom. The van der Waals surface area contributed by atoms with Gasteiger partial charge in [-0.2, -0.15) is 0 Å². The smallest absolute Gasteiger partial charge is 0.410 e. The van der Waals surface area contributed by atoms with Crippen molar-refractivity contribution in [2.75, 3.05) is 62.2 Å². The molecule has 0 radical (unpaired) electrons. The van der Waals surface area contributed by atoms with Gasteiger partial charge in [-0.1, -0.05) is 58.0 Å². The first kappa shape index (κ1) is 45.5. The molecule has 2 fully saturated rings. The standard InChI is InChI=1S/C17H18Cl3F2N5O2S.C14H17Cl2F2IN4O2/c1-16(2,3)29-15(28)27-5-4-26(6-17(21,22)7-27)14-9(18)11(19)24-13(25-14)10-12(20)23-8-30-10;1-13(2,3)25-12(24)23-5-4-22(6-14(17,18)7-23)10-8(15)9(16)20-11(19)21-10/h8H,4-7H2,1-3H3;4-7H2,1-3H3. The topological polar surface area (TPSA) is 130 Å². The van der Waals surface area contributed by atoms with Gasteiger partial charge >= 0.3 is 12.2 Å². The molecule has 0 N–H and O–H groups in total. The second kappa shape index (κ2) is 17.8. The van der Waals surface area contributed by atoms with Gasteiger partial charge in [0, 0.05) is 48.8 Å². The number of hydrogen-bond acceptors (Lipinski definition) is 12. The van der Waals surface area contributed by atoms with Gasteiger partial charge in [-0.25, -0.2) is 52.1 Å². The molecule has 13 nitrogen and oxygen atoms in total. The summed E-state index contributed by atoms with van der Waals surface area (Å²) in [7, 11) is 0. The summed E-state index contributed by atoms with van der Waals surface area (Å²) < 4.78 is 68.8. The average Bonchev–Trinajstić information content (AvgIpc) is 3.29. The van der Waals surface area contributed by atoms with Crippen LogP contribution in [0.1, 0.15) is 41.5 Å². The molecule has 2 aliphatic heterocycles. The van der Waals surface area contributed by atoms with E-state index in [1.807, 2.05) is 22.6 Å². The second-order valence-electron chi connectivity index (χ2n) is 14.2. The third-order valence-electron chi connectivity index (χ3n) is 7.16. The molecule has 3 aromatic heterocycles. The van der Waals surface area contributed by atoms with Crippen molar-refractivity contribution < 1.29 is 36.6 Å². The maximum Gasteiger partial charge on any atom is 0.410 e. The minimum absolute atomic E-state index is 0.00333. The van der Waals surface area contributed by atoms with Crippen molar-refractivity contribution in [2.45, 2.75) is 64.6 Å². The lowest BCUT2D eigenvalue weighted by molar-refractivity contribution is -0.0285. The van der Waals surface area contributed by atoms with Crippen LogP contribution < -0.4 is 9.80 Å². The van der Waals surface area contributed by atoms with Crippen molar-refractivity contribution in [3.8, 4) is 10.7 Å². The number of aromatic nitrogens is 5. The van der Waals surface area contributed by atoms with Gasteiger partial charge in [-0.3, -0.25) is 0 Å². The number of thiazole rings is 1. The van der Waals surface area contributed by atoms with Crippen LogP contribution in [0.25, 0.3) is 10.7 Å². The third-order valence-corrected chi connectivity index (χ3v) is 10.3. The van der Waals surface area contributed by atoms with Crippen molar-refractivity contribution in [3.05, 3.63) is 34.8 Å². The minimum Gasteiger partial charge on any atom is -0.444 e. The number of alkyl halides is 4. The Morgan fingerprint density at radius 3 is 1.55 bits per heavy atom. The van der Waals surface area contributed by atoms with Gasteiger partial charge in [0.2, 0.25) is 0 Å². The zero-order valence-corrected chi connectivity index (χ0v) is 36.8. The molecule has 0 aromatic carbocycles. The number of carbonyl (C=O) groups is 2. The highest BCUT2D eigenvalue weighted by Gasteiger charge is 2.42. The summed E-state index contributed by atoms with van der Waals surface area (Å²) in [6, 6.07) is 0. The fourth-order valence-electron chi connectivity index (χ4n) is 5.03. The van der Waals surface area contributed by atoms with E-state index >= 15 is 0 Å². The predicted molar refractivity (Wildman–Crippen MR) is 213 cm³/mol. The first-order chi connectivity index (χ1) is 25.2. The minimum atomic E-state index is -3.24. The van der Waals surface area contributed by atoms with Crippen molar-refractivity contribution >= 4 is 116 Å². The number of hydrogen-bond donors (Lipinski definition) is 0. The van der Waals surface area contributed by atoms with E-state index in [4.69, 9.17) is 67.5 Å². The molecule has 5 rings (SSSR count). The summed E-state index contributed by atoms with van der Waals surface area (Å²) in [4.78, 5) is 49.8. The van der Waals surface area contributed by atoms with Crippen molar-refractivity contribution in [3.63, 3.8) is 0 Å². The number of rotatable bonds is 3. The summed E-state index contributed by atoms with van der Waals surface area (Å²) in [6.07, 6.45) is -1.59. The van der Waals surface area contributed by atoms with E-state index in [0.29, 0.717) is 8.71 Å². The molecule has 24 heteroatoms. The Hall–Kier alpha value is -2.17. The normalized spacial score (nSPS) is 17.5. The molecule has 0 bridgehead atoms. The summed E-state index contributed by atoms with van der Waals surface area (Å²) in [5.74, 6) is -6.13. The number of anilines is 2. The highest BCUT2D eigenvalue weighted by Crippen LogP contribution is 2.38. The van der Waals surface area contributed by atoms with Crippen molar-refractivity contribution in [2.24, 2.45) is 0 Å². The van der Waals surface area contributed by atoms with Crippen molar-refractivity contribution in [1.29, 1.82) is 0 Å². The zero-order valence-electron chi connectivity index (χ0n) is 30.1. The van der Waals surface area contributed by atoms with E-state index in [1.165, 1.54) is 26.6 Å². The maximum atomic E-state index is 14.7. The van der Waals surface area contributed by atoms with Gasteiger partial charge in [0.1, 0.15) is 26.1 Å². The van der Waals surface area contributed by atoms with E-state index in [0.717, 1.165) is 9.80 Å². The SMILES string of the molecule is CC(C)(C)OC(=O)N1CCN(c2nc(-c3scnc3Cl)nc(Cl)c2Cl)CC(F)(F)C1.CC(C)(C)OC(=O)N1CCN(c2nc(I)nc(Cl)c2Cl)CC(F)(F)C1. The number of nitrogens with zero attached hydrogens (tertiary/aromatic N) is 9. The van der Waals surface area contributed by atoms with Gasteiger partial charge < -0.3 is 29.1 Å². The van der Waals surface area contributed by atoms with E-state index in [2.05, 4.69) is 24.9 Å². The molecule has 2 aliphatic rings. The predicted octanol–water partition coefficient (Wildman–Crippen LogP) is 9.33. The third kappa shape index (κ3) is 12.9. The van der Waals surface area contributed by atoms with E-state index in [-0.39, 0.29) is 69.1 Å². The van der Waals surface area contributed by atoms with Gasteiger partial charge in [0.25, 0.3) is 11.8 Å². The second-order valence-corrected chi connectivity index (χ2v) is 17.9. The Balaban J connectivity index is 0.000000249. The summed E-state index contributed by atoms with van der Waals surface area (Å²) >= 11 is 33.4. The number of ether oxygens (including phenoxy) is 2. The summed E-state index contributed by atoms with van der Waals surface area (Å²) in [6.45, 7) is 7.33. The van der Waals surface area contributed by atoms with E-state index in [9.17, 15) is 27.2 Å². The maximum absolute atomic E-state index is 14.7. The Morgan fingerprint density at radius 1 is 0.691 bits per heavy atom. The molecule has 0 atom stereocenters. The molecule has 0 unspecified atom stereocenters. The Kier molecular flexibility index (Phi) is 14.7. The van der Waals surface area contributed by atoms with Gasteiger partial charge in [0.15, 0.2) is 36.8 Å².